The van der Waals surface area contributed by atoms with Crippen LogP contribution in [0, 0.1) is 0 Å². The van der Waals surface area contributed by atoms with Crippen molar-refractivity contribution in [2.24, 2.45) is 0 Å². The van der Waals surface area contributed by atoms with Crippen molar-refractivity contribution in [3.8, 4) is 0 Å². The molecule has 0 aromatic rings. The van der Waals surface area contributed by atoms with Crippen molar-refractivity contribution in [3.63, 3.8) is 0 Å². The fourth-order valence-corrected chi connectivity index (χ4v) is 0. The van der Waals surface area contributed by atoms with Crippen molar-refractivity contribution in [1.29, 1.82) is 0 Å². The van der Waals surface area contributed by atoms with Gasteiger partial charge in [0.15, 0.2) is 0 Å². The first-order chi connectivity index (χ1) is 2.94. The van der Waals surface area contributed by atoms with E-state index in [2.05, 4.69) is 30.9 Å². The molecule has 0 saturated heterocycles. The summed E-state index contributed by atoms with van der Waals surface area (Å²) < 4.78 is 2.47. The fourth-order valence-electron chi connectivity index (χ4n) is 0. The van der Waals surface area contributed by atoms with Gasteiger partial charge in [-0.25, -0.2) is 0 Å². The zero-order valence-electron chi connectivity index (χ0n) is 5.95. The molecule has 0 rings (SSSR count). The molecule has 0 spiro atoms. The zero-order chi connectivity index (χ0) is 6.08. The Kier molecular flexibility index (Phi) is 5.75. The Balaban J connectivity index is 0. The van der Waals surface area contributed by atoms with Gasteiger partial charge in [-0.05, 0) is 7.05 Å². The van der Waals surface area contributed by atoms with Crippen LogP contribution < -0.4 is 0 Å². The molecule has 46 valence electrons. The second-order valence-electron chi connectivity index (χ2n) is 3.07. The molecule has 0 bridgehead atoms. The Morgan fingerprint density at radius 1 is 1.25 bits per heavy atom. The summed E-state index contributed by atoms with van der Waals surface area (Å²) in [6, 6.07) is 0. The second kappa shape index (κ2) is 3.91. The molecule has 0 fully saturated rings. The molecule has 0 aliphatic rings. The molecule has 0 radical (unpaired) electrons. The average Bonchev–Trinajstić information content (AvgIpc) is 1.31. The van der Waals surface area contributed by atoms with Gasteiger partial charge in [0.1, 0.15) is 8.24 Å². The molecule has 0 aliphatic heterocycles. The first-order valence-corrected chi connectivity index (χ1v) is 6.96. The van der Waals surface area contributed by atoms with Gasteiger partial charge in [-0.1, -0.05) is 19.6 Å². The van der Waals surface area contributed by atoms with Crippen molar-refractivity contribution in [2.45, 2.75) is 19.6 Å². The Labute approximate surface area is 68.6 Å². The van der Waals surface area contributed by atoms with Gasteiger partial charge in [-0.15, -0.1) is 0 Å². The van der Waals surface area contributed by atoms with Crippen LogP contribution in [0.2, 0.25) is 19.6 Å². The summed E-state index contributed by atoms with van der Waals surface area (Å²) in [4.78, 5) is 0. The van der Waals surface area contributed by atoms with Crippen molar-refractivity contribution in [2.75, 3.05) is 7.05 Å². The van der Waals surface area contributed by atoms with Crippen LogP contribution in [0.4, 0.5) is 0 Å². The molecule has 0 aromatic carbocycles. The van der Waals surface area contributed by atoms with Crippen LogP contribution >= 0.6 is 0 Å². The molecule has 0 heterocycles. The van der Waals surface area contributed by atoms with Crippen molar-refractivity contribution < 1.29 is 0 Å². The summed E-state index contributed by atoms with van der Waals surface area (Å²) >= 11 is 0. The van der Waals surface area contributed by atoms with Crippen LogP contribution in [-0.4, -0.2) is 48.8 Å². The summed E-state index contributed by atoms with van der Waals surface area (Å²) in [6.45, 7) is 7.08. The maximum absolute atomic E-state index is 2.47. The van der Waals surface area contributed by atoms with E-state index >= 15 is 0 Å². The number of nitrogens with zero attached hydrogens (tertiary/aromatic N) is 1. The van der Waals surface area contributed by atoms with Gasteiger partial charge in [0.2, 0.25) is 0 Å². The summed E-state index contributed by atoms with van der Waals surface area (Å²) in [5, 5.41) is 0. The van der Waals surface area contributed by atoms with E-state index in [1.165, 1.54) is 10.4 Å². The Morgan fingerprint density at radius 3 is 1.38 bits per heavy atom. The molecular formula is C4H16LiNSi2. The van der Waals surface area contributed by atoms with E-state index in [1.807, 2.05) is 0 Å². The number of rotatable bonds is 1. The Morgan fingerprint density at radius 2 is 1.38 bits per heavy atom. The van der Waals surface area contributed by atoms with Crippen LogP contribution in [0.5, 0.6) is 0 Å². The molecule has 0 N–H and O–H groups in total. The molecule has 0 aromatic heterocycles. The average molecular weight is 141 g/mol. The Hall–Kier alpha value is 0.991. The number of hydrogen-bond acceptors (Lipinski definition) is 1. The predicted molar refractivity (Wildman–Crippen MR) is 48.2 cm³/mol. The fraction of sp³-hybridized carbons (Fsp3) is 1.00. The third kappa shape index (κ3) is 5.13. The van der Waals surface area contributed by atoms with Gasteiger partial charge in [0.25, 0.3) is 0 Å². The first-order valence-electron chi connectivity index (χ1n) is 2.62. The van der Waals surface area contributed by atoms with E-state index in [0.29, 0.717) is 0 Å². The van der Waals surface area contributed by atoms with E-state index < -0.39 is 8.24 Å². The van der Waals surface area contributed by atoms with E-state index in [-0.39, 0.29) is 18.9 Å². The van der Waals surface area contributed by atoms with Crippen LogP contribution in [0.15, 0.2) is 0 Å². The van der Waals surface area contributed by atoms with Crippen molar-refractivity contribution >= 4 is 37.5 Å². The van der Waals surface area contributed by atoms with Gasteiger partial charge >= 0.3 is 18.9 Å². The molecular weight excluding hydrogens is 125 g/mol. The van der Waals surface area contributed by atoms with E-state index in [0.717, 1.165) is 0 Å². The van der Waals surface area contributed by atoms with Crippen LogP contribution in [0.1, 0.15) is 0 Å². The quantitative estimate of drug-likeness (QED) is 0.440. The zero-order valence-corrected chi connectivity index (χ0v) is 8.95. The minimum absolute atomic E-state index is 0. The third-order valence-electron chi connectivity index (χ3n) is 1.34. The molecule has 0 saturated carbocycles. The monoisotopic (exact) mass is 141 g/mol. The van der Waals surface area contributed by atoms with Crippen LogP contribution in [0.3, 0.4) is 0 Å². The summed E-state index contributed by atoms with van der Waals surface area (Å²) in [5.74, 6) is 0. The summed E-state index contributed by atoms with van der Waals surface area (Å²) in [7, 11) is 2.59. The maximum atomic E-state index is 2.47. The predicted octanol–water partition coefficient (Wildman–Crippen LogP) is -0.615. The van der Waals surface area contributed by atoms with Crippen LogP contribution in [0.25, 0.3) is 0 Å². The van der Waals surface area contributed by atoms with Gasteiger partial charge in [0.05, 0.1) is 10.4 Å². The summed E-state index contributed by atoms with van der Waals surface area (Å²) in [6.07, 6.45) is 0. The topological polar surface area (TPSA) is 3.24 Å². The van der Waals surface area contributed by atoms with E-state index in [9.17, 15) is 0 Å². The molecule has 0 unspecified atom stereocenters. The first kappa shape index (κ1) is 11.7. The Bertz CT molecular complexity index is 59.5. The van der Waals surface area contributed by atoms with E-state index in [4.69, 9.17) is 0 Å². The summed E-state index contributed by atoms with van der Waals surface area (Å²) in [5.41, 5.74) is 0. The van der Waals surface area contributed by atoms with Crippen molar-refractivity contribution in [3.05, 3.63) is 0 Å². The second-order valence-corrected chi connectivity index (χ2v) is 10.5. The van der Waals surface area contributed by atoms with Crippen molar-refractivity contribution in [1.82, 2.24) is 4.23 Å². The molecule has 8 heavy (non-hydrogen) atoms. The minimum atomic E-state index is -0.840. The van der Waals surface area contributed by atoms with Gasteiger partial charge in [-0.2, -0.15) is 0 Å². The molecule has 0 atom stereocenters. The van der Waals surface area contributed by atoms with Gasteiger partial charge in [0, 0.05) is 0 Å². The molecule has 4 heteroatoms. The molecule has 1 nitrogen and oxygen atoms in total. The van der Waals surface area contributed by atoms with Gasteiger partial charge < -0.3 is 4.23 Å². The number of hydrogen-bond donors (Lipinski definition) is 0. The molecule has 0 amide bonds. The van der Waals surface area contributed by atoms with Gasteiger partial charge in [-0.3, -0.25) is 0 Å². The standard InChI is InChI=1S/C4H15NSi2.Li.H/c1-5(6)7(2,3)4;;/h1-4,6H3;;. The third-order valence-corrected chi connectivity index (χ3v) is 8.05. The normalized spacial score (nSPS) is 11.6. The SMILES string of the molecule is CN([SiH3])[Si](C)(C)C.[LiH]. The van der Waals surface area contributed by atoms with Crippen LogP contribution in [-0.2, 0) is 0 Å². The van der Waals surface area contributed by atoms with E-state index in [1.54, 1.807) is 0 Å². The molecule has 0 aliphatic carbocycles.